The predicted molar refractivity (Wildman–Crippen MR) is 87.5 cm³/mol. The van der Waals surface area contributed by atoms with Crippen LogP contribution in [0.2, 0.25) is 0 Å². The van der Waals surface area contributed by atoms with Gasteiger partial charge in [-0.2, -0.15) is 0 Å². The van der Waals surface area contributed by atoms with Crippen LogP contribution < -0.4 is 5.32 Å². The molecular formula is C16H16BrNS. The zero-order valence-electron chi connectivity index (χ0n) is 10.6. The van der Waals surface area contributed by atoms with Gasteiger partial charge in [-0.15, -0.1) is 11.3 Å². The van der Waals surface area contributed by atoms with Crippen molar-refractivity contribution in [3.8, 4) is 10.4 Å². The summed E-state index contributed by atoms with van der Waals surface area (Å²) in [5.74, 6) is 0. The van der Waals surface area contributed by atoms with E-state index >= 15 is 0 Å². The Kier molecular flexibility index (Phi) is 4.16. The van der Waals surface area contributed by atoms with Crippen molar-refractivity contribution < 1.29 is 0 Å². The molecule has 0 spiro atoms. The molecule has 3 rings (SSSR count). The number of thiophene rings is 1. The van der Waals surface area contributed by atoms with Gasteiger partial charge in [-0.05, 0) is 48.7 Å². The molecule has 0 amide bonds. The molecule has 3 heteroatoms. The Labute approximate surface area is 126 Å². The summed E-state index contributed by atoms with van der Waals surface area (Å²) in [5, 5.41) is 3.48. The van der Waals surface area contributed by atoms with Crippen LogP contribution in [0, 0.1) is 0 Å². The van der Waals surface area contributed by atoms with E-state index in [4.69, 9.17) is 0 Å². The van der Waals surface area contributed by atoms with Gasteiger partial charge in [-0.25, -0.2) is 0 Å². The minimum Gasteiger partial charge on any atom is -0.311 e. The van der Waals surface area contributed by atoms with Crippen LogP contribution in [-0.4, -0.2) is 12.6 Å². The number of nitrogens with one attached hydrogen (secondary N) is 1. The summed E-state index contributed by atoms with van der Waals surface area (Å²) in [7, 11) is 0. The first-order valence-electron chi connectivity index (χ1n) is 6.57. The van der Waals surface area contributed by atoms with Gasteiger partial charge in [0.05, 0.1) is 0 Å². The van der Waals surface area contributed by atoms with Gasteiger partial charge in [0.15, 0.2) is 0 Å². The molecule has 1 aromatic heterocycles. The van der Waals surface area contributed by atoms with Gasteiger partial charge < -0.3 is 5.32 Å². The second kappa shape index (κ2) is 6.04. The van der Waals surface area contributed by atoms with Gasteiger partial charge in [0.25, 0.3) is 0 Å². The van der Waals surface area contributed by atoms with Gasteiger partial charge >= 0.3 is 0 Å². The highest BCUT2D eigenvalue weighted by molar-refractivity contribution is 9.10. The van der Waals surface area contributed by atoms with Crippen LogP contribution >= 0.6 is 27.3 Å². The largest absolute Gasteiger partial charge is 0.311 e. The SMILES string of the molecule is Brc1cccc(-c2ccc(C=CCNC3CC3)s2)c1. The van der Waals surface area contributed by atoms with Crippen LogP contribution in [0.15, 0.2) is 46.9 Å². The van der Waals surface area contributed by atoms with Gasteiger partial charge in [-0.3, -0.25) is 0 Å². The van der Waals surface area contributed by atoms with Crippen LogP contribution in [0.25, 0.3) is 16.5 Å². The van der Waals surface area contributed by atoms with Crippen LogP contribution in [0.4, 0.5) is 0 Å². The van der Waals surface area contributed by atoms with E-state index in [1.165, 1.54) is 28.2 Å². The van der Waals surface area contributed by atoms with Crippen molar-refractivity contribution in [2.75, 3.05) is 6.54 Å². The molecule has 0 atom stereocenters. The lowest BCUT2D eigenvalue weighted by Gasteiger charge is -1.97. The predicted octanol–water partition coefficient (Wildman–Crippen LogP) is 4.94. The van der Waals surface area contributed by atoms with Crippen molar-refractivity contribution in [2.24, 2.45) is 0 Å². The van der Waals surface area contributed by atoms with Crippen molar-refractivity contribution in [3.05, 3.63) is 51.8 Å². The number of halogens is 1. The lowest BCUT2D eigenvalue weighted by Crippen LogP contribution is -2.15. The maximum atomic E-state index is 3.52. The topological polar surface area (TPSA) is 12.0 Å². The van der Waals surface area contributed by atoms with E-state index in [1.54, 1.807) is 0 Å². The van der Waals surface area contributed by atoms with Crippen molar-refractivity contribution >= 4 is 33.3 Å². The third-order valence-electron chi connectivity index (χ3n) is 3.12. The Morgan fingerprint density at radius 1 is 1.26 bits per heavy atom. The molecule has 0 saturated heterocycles. The fourth-order valence-electron chi connectivity index (χ4n) is 1.94. The molecule has 1 saturated carbocycles. The molecule has 1 aromatic carbocycles. The molecule has 0 radical (unpaired) electrons. The summed E-state index contributed by atoms with van der Waals surface area (Å²) in [5.41, 5.74) is 1.27. The lowest BCUT2D eigenvalue weighted by molar-refractivity contribution is 0.754. The molecular weight excluding hydrogens is 318 g/mol. The van der Waals surface area contributed by atoms with Gasteiger partial charge in [0.2, 0.25) is 0 Å². The van der Waals surface area contributed by atoms with E-state index in [2.05, 4.69) is 69.8 Å². The van der Waals surface area contributed by atoms with E-state index in [0.29, 0.717) is 0 Å². The van der Waals surface area contributed by atoms with Crippen LogP contribution in [0.1, 0.15) is 17.7 Å². The van der Waals surface area contributed by atoms with Gasteiger partial charge in [0.1, 0.15) is 0 Å². The Balaban J connectivity index is 1.65. The fraction of sp³-hybridized carbons (Fsp3) is 0.250. The molecule has 1 aliphatic carbocycles. The summed E-state index contributed by atoms with van der Waals surface area (Å²) in [6.45, 7) is 0.981. The van der Waals surface area contributed by atoms with E-state index in [1.807, 2.05) is 11.3 Å². The second-order valence-electron chi connectivity index (χ2n) is 4.80. The molecule has 0 bridgehead atoms. The summed E-state index contributed by atoms with van der Waals surface area (Å²) in [6, 6.07) is 13.6. The van der Waals surface area contributed by atoms with Crippen molar-refractivity contribution in [2.45, 2.75) is 18.9 Å². The Hall–Kier alpha value is -0.900. The zero-order chi connectivity index (χ0) is 13.1. The van der Waals surface area contributed by atoms with E-state index in [-0.39, 0.29) is 0 Å². The Bertz CT molecular complexity index is 584. The minimum absolute atomic E-state index is 0.783. The van der Waals surface area contributed by atoms with Crippen LogP contribution in [-0.2, 0) is 0 Å². The monoisotopic (exact) mass is 333 g/mol. The van der Waals surface area contributed by atoms with Crippen molar-refractivity contribution in [1.82, 2.24) is 5.32 Å². The number of rotatable bonds is 5. The van der Waals surface area contributed by atoms with Crippen LogP contribution in [0.3, 0.4) is 0 Å². The van der Waals surface area contributed by atoms with E-state index < -0.39 is 0 Å². The lowest BCUT2D eigenvalue weighted by atomic mass is 10.2. The summed E-state index contributed by atoms with van der Waals surface area (Å²) in [4.78, 5) is 2.63. The minimum atomic E-state index is 0.783. The van der Waals surface area contributed by atoms with Crippen molar-refractivity contribution in [3.63, 3.8) is 0 Å². The molecule has 98 valence electrons. The average Bonchev–Trinajstić information content (AvgIpc) is 3.11. The molecule has 0 unspecified atom stereocenters. The standard InChI is InChI=1S/C16H16BrNS/c17-13-4-1-3-12(11-13)16-9-8-15(19-16)5-2-10-18-14-6-7-14/h1-5,8-9,11,14,18H,6-7,10H2. The molecule has 1 nitrogen and oxygen atoms in total. The van der Waals surface area contributed by atoms with E-state index in [9.17, 15) is 0 Å². The first-order valence-corrected chi connectivity index (χ1v) is 8.18. The number of hydrogen-bond acceptors (Lipinski definition) is 2. The van der Waals surface area contributed by atoms with Gasteiger partial charge in [0, 0.05) is 26.8 Å². The molecule has 19 heavy (non-hydrogen) atoms. The van der Waals surface area contributed by atoms with Crippen LogP contribution in [0.5, 0.6) is 0 Å². The third kappa shape index (κ3) is 3.78. The molecule has 1 heterocycles. The maximum Gasteiger partial charge on any atom is 0.0349 e. The van der Waals surface area contributed by atoms with Crippen molar-refractivity contribution in [1.29, 1.82) is 0 Å². The molecule has 1 aliphatic rings. The molecule has 2 aromatic rings. The smallest absolute Gasteiger partial charge is 0.0349 e. The second-order valence-corrected chi connectivity index (χ2v) is 6.83. The fourth-order valence-corrected chi connectivity index (χ4v) is 3.27. The number of benzene rings is 1. The first kappa shape index (κ1) is 13.1. The highest BCUT2D eigenvalue weighted by atomic mass is 79.9. The Morgan fingerprint density at radius 3 is 2.95 bits per heavy atom. The molecule has 1 fully saturated rings. The first-order chi connectivity index (χ1) is 9.31. The quantitative estimate of drug-likeness (QED) is 0.816. The molecule has 1 N–H and O–H groups in total. The average molecular weight is 334 g/mol. The summed E-state index contributed by atoms with van der Waals surface area (Å²) in [6.07, 6.45) is 7.12. The summed E-state index contributed by atoms with van der Waals surface area (Å²) < 4.78 is 1.13. The number of hydrogen-bond donors (Lipinski definition) is 1. The van der Waals surface area contributed by atoms with Gasteiger partial charge in [-0.1, -0.05) is 34.1 Å². The summed E-state index contributed by atoms with van der Waals surface area (Å²) >= 11 is 5.35. The third-order valence-corrected chi connectivity index (χ3v) is 4.71. The maximum absolute atomic E-state index is 3.52. The highest BCUT2D eigenvalue weighted by Gasteiger charge is 2.18. The normalized spacial score (nSPS) is 15.2. The highest BCUT2D eigenvalue weighted by Crippen LogP contribution is 2.30. The zero-order valence-corrected chi connectivity index (χ0v) is 13.0. The van der Waals surface area contributed by atoms with E-state index in [0.717, 1.165) is 17.1 Å². The molecule has 0 aliphatic heterocycles. The Morgan fingerprint density at radius 2 is 2.16 bits per heavy atom.